The molecule has 0 aromatic rings. The predicted molar refractivity (Wildman–Crippen MR) is 66.3 cm³/mol. The van der Waals surface area contributed by atoms with E-state index in [-0.39, 0.29) is 30.0 Å². The molecule has 1 heterocycles. The highest BCUT2D eigenvalue weighted by atomic mass is 16.5. The molecule has 5 nitrogen and oxygen atoms in total. The van der Waals surface area contributed by atoms with E-state index in [1.807, 2.05) is 13.0 Å². The normalized spacial score (nSPS) is 24.6. The van der Waals surface area contributed by atoms with Gasteiger partial charge in [0.15, 0.2) is 5.57 Å². The molecule has 1 N–H and O–H groups in total. The van der Waals surface area contributed by atoms with E-state index in [2.05, 4.69) is 0 Å². The van der Waals surface area contributed by atoms with E-state index >= 15 is 0 Å². The number of aliphatic hydroxyl groups excluding tert-OH is 1. The summed E-state index contributed by atoms with van der Waals surface area (Å²) in [5.74, 6) is -0.200. The number of carbonyl (C=O) groups is 1. The third kappa shape index (κ3) is 3.47. The van der Waals surface area contributed by atoms with Gasteiger partial charge in [-0.3, -0.25) is 4.79 Å². The van der Waals surface area contributed by atoms with Crippen LogP contribution in [0.1, 0.15) is 26.7 Å². The number of likely N-dealkylation sites (tertiary alicyclic amines) is 1. The molecule has 18 heavy (non-hydrogen) atoms. The summed E-state index contributed by atoms with van der Waals surface area (Å²) in [7, 11) is 0. The highest BCUT2D eigenvalue weighted by Crippen LogP contribution is 2.23. The van der Waals surface area contributed by atoms with E-state index in [4.69, 9.17) is 10.00 Å². The zero-order chi connectivity index (χ0) is 13.5. The smallest absolute Gasteiger partial charge is 0.267 e. The van der Waals surface area contributed by atoms with Gasteiger partial charge >= 0.3 is 0 Å². The van der Waals surface area contributed by atoms with Gasteiger partial charge in [-0.1, -0.05) is 0 Å². The minimum Gasteiger partial charge on any atom is -0.500 e. The number of ether oxygens (including phenoxy) is 1. The molecule has 1 amide bonds. The Bertz CT molecular complexity index is 360. The first kappa shape index (κ1) is 14.5. The Kier molecular flexibility index (Phi) is 5.66. The van der Waals surface area contributed by atoms with Gasteiger partial charge in [-0.25, -0.2) is 0 Å². The maximum absolute atomic E-state index is 12.2. The number of hydrogen-bond acceptors (Lipinski definition) is 4. The molecule has 2 atom stereocenters. The number of rotatable bonds is 4. The largest absolute Gasteiger partial charge is 0.500 e. The van der Waals surface area contributed by atoms with Crippen molar-refractivity contribution in [1.29, 1.82) is 5.26 Å². The molecule has 5 heteroatoms. The molecule has 0 aliphatic carbocycles. The fourth-order valence-corrected chi connectivity index (χ4v) is 2.06. The summed E-state index contributed by atoms with van der Waals surface area (Å²) >= 11 is 0. The van der Waals surface area contributed by atoms with E-state index in [9.17, 15) is 9.90 Å². The van der Waals surface area contributed by atoms with Crippen LogP contribution in [-0.4, -0.2) is 41.7 Å². The molecule has 0 bridgehead atoms. The summed E-state index contributed by atoms with van der Waals surface area (Å²) in [6.45, 7) is 4.75. The molecule has 1 saturated heterocycles. The van der Waals surface area contributed by atoms with Crippen LogP contribution in [0.3, 0.4) is 0 Å². The van der Waals surface area contributed by atoms with Crippen molar-refractivity contribution in [3.8, 4) is 6.07 Å². The van der Waals surface area contributed by atoms with E-state index in [0.717, 1.165) is 12.8 Å². The fourth-order valence-electron chi connectivity index (χ4n) is 2.06. The first-order chi connectivity index (χ1) is 8.63. The number of nitrogens with zero attached hydrogens (tertiary/aromatic N) is 2. The van der Waals surface area contributed by atoms with Crippen molar-refractivity contribution >= 4 is 5.91 Å². The molecule has 0 aromatic carbocycles. The van der Waals surface area contributed by atoms with Crippen molar-refractivity contribution in [2.75, 3.05) is 19.8 Å². The van der Waals surface area contributed by atoms with Crippen LogP contribution in [0, 0.1) is 17.2 Å². The van der Waals surface area contributed by atoms with Crippen molar-refractivity contribution in [3.63, 3.8) is 0 Å². The lowest BCUT2D eigenvalue weighted by Gasteiger charge is -2.37. The lowest BCUT2D eigenvalue weighted by atomic mass is 9.93. The van der Waals surface area contributed by atoms with E-state index in [1.54, 1.807) is 11.8 Å². The lowest BCUT2D eigenvalue weighted by Crippen LogP contribution is -2.46. The SMILES string of the molecule is CCO/C=C(/C#N)C(=O)N1CC(CO)CCC1C. The number of carbonyl (C=O) groups excluding carboxylic acids is 1. The summed E-state index contributed by atoms with van der Waals surface area (Å²) in [6, 6.07) is 1.97. The van der Waals surface area contributed by atoms with Crippen LogP contribution in [0.2, 0.25) is 0 Å². The number of aliphatic hydroxyl groups is 1. The highest BCUT2D eigenvalue weighted by molar-refractivity contribution is 5.97. The number of piperidine rings is 1. The molecular formula is C13H20N2O3. The van der Waals surface area contributed by atoms with Gasteiger partial charge in [-0.05, 0) is 32.6 Å². The molecule has 0 radical (unpaired) electrons. The summed E-state index contributed by atoms with van der Waals surface area (Å²) in [5, 5.41) is 18.1. The van der Waals surface area contributed by atoms with Gasteiger partial charge in [0.05, 0.1) is 6.61 Å². The van der Waals surface area contributed by atoms with Gasteiger partial charge in [-0.2, -0.15) is 5.26 Å². The molecule has 2 unspecified atom stereocenters. The van der Waals surface area contributed by atoms with Crippen LogP contribution in [0.15, 0.2) is 11.8 Å². The van der Waals surface area contributed by atoms with Crippen molar-refractivity contribution in [3.05, 3.63) is 11.8 Å². The van der Waals surface area contributed by atoms with Gasteiger partial charge in [0.25, 0.3) is 5.91 Å². The van der Waals surface area contributed by atoms with Crippen LogP contribution in [0.25, 0.3) is 0 Å². The Morgan fingerprint density at radius 1 is 1.61 bits per heavy atom. The zero-order valence-electron chi connectivity index (χ0n) is 10.9. The van der Waals surface area contributed by atoms with Crippen LogP contribution in [-0.2, 0) is 9.53 Å². The minimum absolute atomic E-state index is 0.0160. The average Bonchev–Trinajstić information content (AvgIpc) is 2.40. The first-order valence-electron chi connectivity index (χ1n) is 6.27. The molecule has 0 saturated carbocycles. The monoisotopic (exact) mass is 252 g/mol. The Hall–Kier alpha value is -1.54. The second-order valence-electron chi connectivity index (χ2n) is 4.53. The van der Waals surface area contributed by atoms with Crippen LogP contribution in [0.5, 0.6) is 0 Å². The molecule has 100 valence electrons. The molecular weight excluding hydrogens is 232 g/mol. The molecule has 1 aliphatic heterocycles. The van der Waals surface area contributed by atoms with E-state index < -0.39 is 0 Å². The van der Waals surface area contributed by atoms with Crippen LogP contribution in [0.4, 0.5) is 0 Å². The minimum atomic E-state index is -0.309. The van der Waals surface area contributed by atoms with Crippen LogP contribution >= 0.6 is 0 Å². The topological polar surface area (TPSA) is 73.6 Å². The third-order valence-electron chi connectivity index (χ3n) is 3.22. The van der Waals surface area contributed by atoms with Crippen molar-refractivity contribution in [1.82, 2.24) is 4.90 Å². The maximum Gasteiger partial charge on any atom is 0.267 e. The lowest BCUT2D eigenvalue weighted by molar-refractivity contribution is -0.131. The first-order valence-corrected chi connectivity index (χ1v) is 6.27. The summed E-state index contributed by atoms with van der Waals surface area (Å²) < 4.78 is 5.01. The molecule has 0 aromatic heterocycles. The highest BCUT2D eigenvalue weighted by Gasteiger charge is 2.30. The van der Waals surface area contributed by atoms with Gasteiger partial charge in [0, 0.05) is 19.2 Å². The van der Waals surface area contributed by atoms with Gasteiger partial charge in [0.1, 0.15) is 12.3 Å². The van der Waals surface area contributed by atoms with Crippen molar-refractivity contribution in [2.24, 2.45) is 5.92 Å². The zero-order valence-corrected chi connectivity index (χ0v) is 10.9. The Morgan fingerprint density at radius 2 is 2.33 bits per heavy atom. The predicted octanol–water partition coefficient (Wildman–Crippen LogP) is 1.05. The van der Waals surface area contributed by atoms with E-state index in [0.29, 0.717) is 13.2 Å². The molecule has 1 rings (SSSR count). The average molecular weight is 252 g/mol. The summed E-state index contributed by atoms with van der Waals surface area (Å²) in [4.78, 5) is 13.8. The summed E-state index contributed by atoms with van der Waals surface area (Å²) in [5.41, 5.74) is 0.0160. The molecule has 1 aliphatic rings. The second kappa shape index (κ2) is 7.02. The van der Waals surface area contributed by atoms with Crippen LogP contribution < -0.4 is 0 Å². The fraction of sp³-hybridized carbons (Fsp3) is 0.692. The Morgan fingerprint density at radius 3 is 2.89 bits per heavy atom. The van der Waals surface area contributed by atoms with Crippen molar-refractivity contribution in [2.45, 2.75) is 32.7 Å². The quantitative estimate of drug-likeness (QED) is 0.461. The number of hydrogen-bond donors (Lipinski definition) is 1. The molecule has 1 fully saturated rings. The second-order valence-corrected chi connectivity index (χ2v) is 4.53. The van der Waals surface area contributed by atoms with Gasteiger partial charge in [-0.15, -0.1) is 0 Å². The van der Waals surface area contributed by atoms with Gasteiger partial charge < -0.3 is 14.7 Å². The van der Waals surface area contributed by atoms with Gasteiger partial charge in [0.2, 0.25) is 0 Å². The number of nitriles is 1. The number of amides is 1. The Labute approximate surface area is 108 Å². The Balaban J connectivity index is 2.77. The van der Waals surface area contributed by atoms with E-state index in [1.165, 1.54) is 6.26 Å². The maximum atomic E-state index is 12.2. The standard InChI is InChI=1S/C13H20N2O3/c1-3-18-9-12(6-14)13(17)15-7-11(8-16)5-4-10(15)2/h9-11,16H,3-5,7-8H2,1-2H3/b12-9-. The third-order valence-corrected chi connectivity index (χ3v) is 3.22. The molecule has 0 spiro atoms. The summed E-state index contributed by atoms with van der Waals surface area (Å²) in [6.07, 6.45) is 2.99. The van der Waals surface area contributed by atoms with Crippen molar-refractivity contribution < 1.29 is 14.6 Å².